The number of piperidine rings is 1. The standard InChI is InChI=1S/C41H49F2N5O7/c1-5-28-30(42)10-9-23-14-25(50)17-29(32(23)28)35-34(43)36-33(38(44-35)53-4)37(47-18-27(19-49)54-21-40(2,51)20-47)46-39(45-36)55-22-41-11-6-8-31(41)48(13-7-12-41)24-15-26(16-24)52-3/h1,9-10,14,17,23-24,26-27,31-32,49-51H,6-8,11-13,15-16,18-22H2,2-4H3/t23?,24?,26?,27-,31-,32?,40+,41?/m1/s1. The van der Waals surface area contributed by atoms with E-state index in [1.165, 1.54) is 25.3 Å². The minimum atomic E-state index is -1.37. The van der Waals surface area contributed by atoms with Crippen LogP contribution in [0.15, 0.2) is 41.5 Å². The number of allylic oxidation sites excluding steroid dienone is 7. The molecule has 3 unspecified atom stereocenters. The topological polar surface area (TPSA) is 143 Å². The second-order valence-corrected chi connectivity index (χ2v) is 16.2. The summed E-state index contributed by atoms with van der Waals surface area (Å²) >= 11 is 0. The zero-order valence-corrected chi connectivity index (χ0v) is 31.5. The summed E-state index contributed by atoms with van der Waals surface area (Å²) in [5.74, 6) is -0.500. The number of ether oxygens (including phenoxy) is 4. The molecular weight excluding hydrogens is 712 g/mol. The first-order valence-electron chi connectivity index (χ1n) is 19.2. The molecule has 8 rings (SSSR count). The molecule has 2 aromatic heterocycles. The number of aliphatic hydroxyl groups is 3. The molecule has 2 aliphatic heterocycles. The van der Waals surface area contributed by atoms with Gasteiger partial charge in [-0.3, -0.25) is 4.90 Å². The van der Waals surface area contributed by atoms with Crippen LogP contribution in [-0.2, 0) is 9.47 Å². The highest BCUT2D eigenvalue weighted by Crippen LogP contribution is 2.51. The van der Waals surface area contributed by atoms with E-state index in [1.807, 2.05) is 0 Å². The lowest BCUT2D eigenvalue weighted by Crippen LogP contribution is -2.59. The highest BCUT2D eigenvalue weighted by atomic mass is 19.1. The Morgan fingerprint density at radius 1 is 1.15 bits per heavy atom. The number of hydrogen-bond acceptors (Lipinski definition) is 12. The van der Waals surface area contributed by atoms with E-state index >= 15 is 8.78 Å². The molecule has 4 aliphatic carbocycles. The number of hydrogen-bond donors (Lipinski definition) is 3. The van der Waals surface area contributed by atoms with E-state index in [2.05, 4.69) is 15.8 Å². The number of aliphatic hydroxyl groups excluding tert-OH is 2. The number of halogens is 2. The molecule has 3 N–H and O–H groups in total. The van der Waals surface area contributed by atoms with Crippen LogP contribution in [0.1, 0.15) is 57.6 Å². The lowest BCUT2D eigenvalue weighted by molar-refractivity contribution is -0.0845. The highest BCUT2D eigenvalue weighted by Gasteiger charge is 2.52. The van der Waals surface area contributed by atoms with Gasteiger partial charge >= 0.3 is 6.01 Å². The first-order valence-corrected chi connectivity index (χ1v) is 19.2. The van der Waals surface area contributed by atoms with E-state index in [9.17, 15) is 15.3 Å². The average molecular weight is 762 g/mol. The SMILES string of the molecule is C#CC1=C(F)C=CC2C=C(O)C=C(c3nc(OC)c4c(N5C[C@H](CO)OC[C@@](C)(O)C5)nc(OCC56CCC[C@H]5N(C5CC(OC)C5)CCC6)nc4c3F)C12. The van der Waals surface area contributed by atoms with Crippen molar-refractivity contribution in [1.82, 2.24) is 19.9 Å². The quantitative estimate of drug-likeness (QED) is 0.302. The van der Waals surface area contributed by atoms with Gasteiger partial charge in [0.25, 0.3) is 0 Å². The molecule has 0 amide bonds. The van der Waals surface area contributed by atoms with Crippen molar-refractivity contribution in [3.8, 4) is 24.2 Å². The van der Waals surface area contributed by atoms with E-state index in [0.29, 0.717) is 24.8 Å². The highest BCUT2D eigenvalue weighted by molar-refractivity contribution is 5.96. The number of methoxy groups -OCH3 is 2. The Balaban J connectivity index is 1.24. The van der Waals surface area contributed by atoms with Gasteiger partial charge in [-0.15, -0.1) is 6.42 Å². The molecule has 0 spiro atoms. The zero-order valence-electron chi connectivity index (χ0n) is 31.5. The Hall–Kier alpha value is -4.13. The van der Waals surface area contributed by atoms with Crippen molar-refractivity contribution in [2.75, 3.05) is 58.6 Å². The molecule has 0 radical (unpaired) electrons. The van der Waals surface area contributed by atoms with Crippen LogP contribution in [-0.4, -0.2) is 119 Å². The Bertz CT molecular complexity index is 2010. The normalized spacial score (nSPS) is 33.6. The van der Waals surface area contributed by atoms with Gasteiger partial charge in [0.05, 0.1) is 45.7 Å². The third kappa shape index (κ3) is 6.78. The molecule has 4 fully saturated rings. The van der Waals surface area contributed by atoms with Gasteiger partial charge < -0.3 is 39.2 Å². The largest absolute Gasteiger partial charge is 0.508 e. The molecule has 0 bridgehead atoms. The van der Waals surface area contributed by atoms with Gasteiger partial charge in [-0.1, -0.05) is 18.4 Å². The summed E-state index contributed by atoms with van der Waals surface area (Å²) in [7, 11) is 3.15. The van der Waals surface area contributed by atoms with Gasteiger partial charge in [-0.25, -0.2) is 13.8 Å². The second-order valence-electron chi connectivity index (χ2n) is 16.2. The first kappa shape index (κ1) is 37.8. The first-order chi connectivity index (χ1) is 26.5. The smallest absolute Gasteiger partial charge is 0.319 e. The maximum Gasteiger partial charge on any atom is 0.319 e. The monoisotopic (exact) mass is 761 g/mol. The zero-order chi connectivity index (χ0) is 38.6. The lowest BCUT2D eigenvalue weighted by Gasteiger charge is -2.53. The summed E-state index contributed by atoms with van der Waals surface area (Å²) in [6.07, 6.45) is 18.3. The fourth-order valence-electron chi connectivity index (χ4n) is 9.83. The number of fused-ring (bicyclic) bond motifs is 3. The third-order valence-electron chi connectivity index (χ3n) is 12.6. The van der Waals surface area contributed by atoms with Gasteiger partial charge in [0, 0.05) is 48.6 Å². The Morgan fingerprint density at radius 3 is 2.69 bits per heavy atom. The summed E-state index contributed by atoms with van der Waals surface area (Å²) in [5, 5.41) is 32.3. The van der Waals surface area contributed by atoms with Gasteiger partial charge in [0.15, 0.2) is 5.82 Å². The number of pyridine rings is 1. The molecule has 294 valence electrons. The molecule has 0 aromatic carbocycles. The van der Waals surface area contributed by atoms with E-state index in [4.69, 9.17) is 35.3 Å². The van der Waals surface area contributed by atoms with Crippen LogP contribution < -0.4 is 14.4 Å². The molecule has 4 heterocycles. The maximum atomic E-state index is 17.4. The molecule has 12 nitrogen and oxygen atoms in total. The number of likely N-dealkylation sites (tertiary alicyclic amines) is 1. The summed E-state index contributed by atoms with van der Waals surface area (Å²) in [6.45, 7) is 2.71. The third-order valence-corrected chi connectivity index (χ3v) is 12.6. The Morgan fingerprint density at radius 2 is 1.95 bits per heavy atom. The fourth-order valence-corrected chi connectivity index (χ4v) is 9.83. The van der Waals surface area contributed by atoms with Gasteiger partial charge in [0.2, 0.25) is 5.88 Å². The number of anilines is 1. The molecule has 2 saturated carbocycles. The number of rotatable bonds is 9. The van der Waals surface area contributed by atoms with Gasteiger partial charge in [-0.05, 0) is 75.8 Å². The lowest BCUT2D eigenvalue weighted by atomic mass is 9.73. The number of aromatic nitrogens is 3. The Kier molecular flexibility index (Phi) is 10.1. The van der Waals surface area contributed by atoms with Crippen molar-refractivity contribution in [2.45, 2.75) is 81.8 Å². The minimum Gasteiger partial charge on any atom is -0.508 e. The van der Waals surface area contributed by atoms with Crippen molar-refractivity contribution < 1.29 is 43.0 Å². The number of nitrogens with zero attached hydrogens (tertiary/aromatic N) is 5. The van der Waals surface area contributed by atoms with Crippen LogP contribution in [0.4, 0.5) is 14.6 Å². The average Bonchev–Trinajstić information content (AvgIpc) is 3.52. The van der Waals surface area contributed by atoms with Crippen molar-refractivity contribution >= 4 is 22.3 Å². The van der Waals surface area contributed by atoms with Crippen LogP contribution >= 0.6 is 0 Å². The Labute approximate surface area is 319 Å². The van der Waals surface area contributed by atoms with Crippen LogP contribution in [0, 0.1) is 35.4 Å². The van der Waals surface area contributed by atoms with E-state index in [-0.39, 0.29) is 82.9 Å². The minimum absolute atomic E-state index is 0.00328. The van der Waals surface area contributed by atoms with Crippen molar-refractivity contribution in [3.05, 3.63) is 53.0 Å². The van der Waals surface area contributed by atoms with E-state index in [0.717, 1.165) is 51.5 Å². The molecule has 6 aliphatic rings. The summed E-state index contributed by atoms with van der Waals surface area (Å²) < 4.78 is 56.3. The molecule has 2 saturated heterocycles. The van der Waals surface area contributed by atoms with E-state index < -0.39 is 35.2 Å². The van der Waals surface area contributed by atoms with Gasteiger partial charge in [-0.2, -0.15) is 9.97 Å². The molecule has 14 heteroatoms. The summed E-state index contributed by atoms with van der Waals surface area (Å²) in [4.78, 5) is 18.5. The van der Waals surface area contributed by atoms with Crippen molar-refractivity contribution in [1.29, 1.82) is 0 Å². The molecule has 6 atom stereocenters. The van der Waals surface area contributed by atoms with Gasteiger partial charge in [0.1, 0.15) is 39.6 Å². The van der Waals surface area contributed by atoms with Crippen molar-refractivity contribution in [2.24, 2.45) is 17.3 Å². The predicted molar refractivity (Wildman–Crippen MR) is 201 cm³/mol. The number of β-amino-alcohol motifs (C(OH)–C–C–N with tert-alkyl or cyclic N) is 1. The van der Waals surface area contributed by atoms with E-state index in [1.54, 1.807) is 25.0 Å². The second kappa shape index (κ2) is 14.7. The fraction of sp³-hybridized carbons (Fsp3) is 0.585. The predicted octanol–water partition coefficient (Wildman–Crippen LogP) is 4.81. The van der Waals surface area contributed by atoms with Crippen LogP contribution in [0.5, 0.6) is 11.9 Å². The summed E-state index contributed by atoms with van der Waals surface area (Å²) in [5.41, 5.74) is -1.75. The maximum absolute atomic E-state index is 17.4. The van der Waals surface area contributed by atoms with Crippen LogP contribution in [0.2, 0.25) is 0 Å². The molecule has 55 heavy (non-hydrogen) atoms. The summed E-state index contributed by atoms with van der Waals surface area (Å²) in [6, 6.07) is 0.734. The van der Waals surface area contributed by atoms with Crippen molar-refractivity contribution in [3.63, 3.8) is 0 Å². The molecule has 2 aromatic rings. The van der Waals surface area contributed by atoms with Crippen LogP contribution in [0.3, 0.4) is 0 Å². The molecular formula is C41H49F2N5O7. The number of terminal acetylenes is 1. The van der Waals surface area contributed by atoms with Crippen LogP contribution in [0.25, 0.3) is 16.5 Å².